The summed E-state index contributed by atoms with van der Waals surface area (Å²) in [5.74, 6) is 3.18. The fourth-order valence-electron chi connectivity index (χ4n) is 4.35. The number of oxazole rings is 1. The quantitative estimate of drug-likeness (QED) is 0.862. The number of hydrogen-bond donors (Lipinski definition) is 1. The van der Waals surface area contributed by atoms with Crippen LogP contribution in [0.4, 0.5) is 0 Å². The molecule has 0 aliphatic heterocycles. The summed E-state index contributed by atoms with van der Waals surface area (Å²) in [5, 5.41) is 9.91. The molecule has 1 N–H and O–H groups in total. The largest absolute Gasteiger partial charge is 0.507 e. The molecule has 0 saturated heterocycles. The van der Waals surface area contributed by atoms with E-state index in [-0.39, 0.29) is 11.2 Å². The zero-order valence-corrected chi connectivity index (χ0v) is 13.7. The smallest absolute Gasteiger partial charge is 0.229 e. The number of benzene rings is 1. The number of aromatic nitrogens is 1. The lowest BCUT2D eigenvalue weighted by Crippen LogP contribution is -2.30. The minimum Gasteiger partial charge on any atom is -0.507 e. The molecule has 1 aromatic carbocycles. The van der Waals surface area contributed by atoms with E-state index in [9.17, 15) is 5.11 Å². The van der Waals surface area contributed by atoms with Crippen molar-refractivity contribution in [3.8, 4) is 17.2 Å². The van der Waals surface area contributed by atoms with Gasteiger partial charge in [0.25, 0.3) is 0 Å². The zero-order valence-electron chi connectivity index (χ0n) is 13.7. The fraction of sp³-hybridized carbons (Fsp3) is 0.526. The van der Waals surface area contributed by atoms with E-state index in [1.165, 1.54) is 19.3 Å². The number of rotatable bonds is 3. The fourth-order valence-corrected chi connectivity index (χ4v) is 4.35. The van der Waals surface area contributed by atoms with Crippen molar-refractivity contribution in [1.29, 1.82) is 0 Å². The van der Waals surface area contributed by atoms with Gasteiger partial charge in [0, 0.05) is 6.42 Å². The average molecular weight is 299 g/mol. The van der Waals surface area contributed by atoms with E-state index in [0.717, 1.165) is 24.0 Å². The first-order chi connectivity index (χ1) is 10.5. The summed E-state index contributed by atoms with van der Waals surface area (Å²) in [6, 6.07) is 7.17. The first-order valence-electron chi connectivity index (χ1n) is 8.18. The van der Waals surface area contributed by atoms with Crippen molar-refractivity contribution in [2.75, 3.05) is 0 Å². The van der Waals surface area contributed by atoms with Gasteiger partial charge in [-0.3, -0.25) is 0 Å². The van der Waals surface area contributed by atoms with Crippen LogP contribution in [0, 0.1) is 17.3 Å². The van der Waals surface area contributed by atoms with E-state index in [2.05, 4.69) is 25.8 Å². The average Bonchev–Trinajstić information content (AvgIpc) is 2.85. The number of para-hydroxylation sites is 1. The Kier molecular flexibility index (Phi) is 3.98. The van der Waals surface area contributed by atoms with E-state index >= 15 is 0 Å². The Morgan fingerprint density at radius 1 is 1.23 bits per heavy atom. The van der Waals surface area contributed by atoms with Gasteiger partial charge in [-0.1, -0.05) is 32.9 Å². The van der Waals surface area contributed by atoms with Crippen molar-refractivity contribution in [2.45, 2.75) is 46.5 Å². The molecule has 0 bridgehead atoms. The molecular weight excluding hydrogens is 274 g/mol. The van der Waals surface area contributed by atoms with Crippen molar-refractivity contribution < 1.29 is 9.52 Å². The number of hydrogen-bond acceptors (Lipinski definition) is 3. The summed E-state index contributed by atoms with van der Waals surface area (Å²) in [7, 11) is 0. The Morgan fingerprint density at radius 3 is 2.59 bits per heavy atom. The molecular formula is C19H25NO2. The number of aromatic hydroxyl groups is 1. The number of nitrogens with zero attached hydrogens (tertiary/aromatic N) is 1. The number of phenolic OH excluding ortho intramolecular Hbond substituents is 1. The molecule has 1 aromatic heterocycles. The van der Waals surface area contributed by atoms with E-state index in [1.54, 1.807) is 12.1 Å². The van der Waals surface area contributed by atoms with Crippen LogP contribution in [0.1, 0.15) is 45.8 Å². The van der Waals surface area contributed by atoms with Gasteiger partial charge in [0.2, 0.25) is 5.89 Å². The second-order valence-corrected chi connectivity index (χ2v) is 7.49. The highest BCUT2D eigenvalue weighted by Gasteiger charge is 2.35. The Morgan fingerprint density at radius 2 is 1.91 bits per heavy atom. The molecule has 3 rings (SSSR count). The Bertz CT molecular complexity index is 636. The van der Waals surface area contributed by atoms with Gasteiger partial charge < -0.3 is 9.52 Å². The molecule has 0 radical (unpaired) electrons. The summed E-state index contributed by atoms with van der Waals surface area (Å²) < 4.78 is 5.92. The van der Waals surface area contributed by atoms with Gasteiger partial charge in [0.05, 0.1) is 11.8 Å². The second kappa shape index (κ2) is 5.79. The molecule has 1 heterocycles. The third-order valence-corrected chi connectivity index (χ3v) is 4.78. The van der Waals surface area contributed by atoms with Crippen LogP contribution in [0.5, 0.6) is 5.75 Å². The first kappa shape index (κ1) is 15.1. The van der Waals surface area contributed by atoms with Crippen LogP contribution in [0.2, 0.25) is 0 Å². The van der Waals surface area contributed by atoms with Gasteiger partial charge in [-0.2, -0.15) is 0 Å². The predicted molar refractivity (Wildman–Crippen MR) is 87.6 cm³/mol. The maximum atomic E-state index is 9.91. The summed E-state index contributed by atoms with van der Waals surface area (Å²) >= 11 is 0. The van der Waals surface area contributed by atoms with Crippen LogP contribution >= 0.6 is 0 Å². The first-order valence-corrected chi connectivity index (χ1v) is 8.18. The van der Waals surface area contributed by atoms with Crippen molar-refractivity contribution in [3.05, 3.63) is 36.2 Å². The minimum absolute atomic E-state index is 0.210. The summed E-state index contributed by atoms with van der Waals surface area (Å²) in [6.45, 7) is 7.06. The lowest BCUT2D eigenvalue weighted by Gasteiger charge is -2.40. The van der Waals surface area contributed by atoms with E-state index in [4.69, 9.17) is 4.42 Å². The van der Waals surface area contributed by atoms with Gasteiger partial charge in [-0.05, 0) is 48.6 Å². The Labute approximate surface area is 132 Å². The molecule has 1 aliphatic rings. The summed E-state index contributed by atoms with van der Waals surface area (Å²) in [6.07, 6.45) is 6.54. The van der Waals surface area contributed by atoms with Crippen LogP contribution in [0.3, 0.4) is 0 Å². The third-order valence-electron chi connectivity index (χ3n) is 4.78. The van der Waals surface area contributed by atoms with Crippen molar-refractivity contribution >= 4 is 0 Å². The highest BCUT2D eigenvalue weighted by atomic mass is 16.4. The Hall–Kier alpha value is -1.77. The molecule has 3 heteroatoms. The van der Waals surface area contributed by atoms with Gasteiger partial charge in [0.15, 0.2) is 0 Å². The molecule has 22 heavy (non-hydrogen) atoms. The molecule has 2 aromatic rings. The third kappa shape index (κ3) is 3.18. The van der Waals surface area contributed by atoms with Crippen LogP contribution in [0.25, 0.3) is 11.5 Å². The van der Waals surface area contributed by atoms with E-state index < -0.39 is 0 Å². The molecule has 1 aliphatic carbocycles. The molecule has 1 fully saturated rings. The Balaban J connectivity index is 1.78. The minimum atomic E-state index is 0.210. The molecule has 0 amide bonds. The topological polar surface area (TPSA) is 46.3 Å². The molecule has 1 saturated carbocycles. The monoisotopic (exact) mass is 299 g/mol. The lowest BCUT2D eigenvalue weighted by atomic mass is 9.65. The van der Waals surface area contributed by atoms with Crippen molar-refractivity contribution in [3.63, 3.8) is 0 Å². The highest BCUT2D eigenvalue weighted by Crippen LogP contribution is 2.44. The zero-order chi connectivity index (χ0) is 15.7. The molecule has 2 atom stereocenters. The van der Waals surface area contributed by atoms with Crippen LogP contribution in [-0.2, 0) is 6.42 Å². The van der Waals surface area contributed by atoms with Gasteiger partial charge in [-0.15, -0.1) is 0 Å². The molecule has 0 spiro atoms. The summed E-state index contributed by atoms with van der Waals surface area (Å²) in [4.78, 5) is 4.36. The van der Waals surface area contributed by atoms with Crippen LogP contribution in [0.15, 0.2) is 34.9 Å². The second-order valence-electron chi connectivity index (χ2n) is 7.49. The molecule has 118 valence electrons. The van der Waals surface area contributed by atoms with E-state index in [1.807, 2.05) is 18.3 Å². The SMILES string of the molecule is CC1CC(C)CC(C)(Cc2cnc(-c3ccccc3O)o2)C1. The maximum absolute atomic E-state index is 9.91. The van der Waals surface area contributed by atoms with Crippen molar-refractivity contribution in [2.24, 2.45) is 17.3 Å². The van der Waals surface area contributed by atoms with Crippen LogP contribution < -0.4 is 0 Å². The van der Waals surface area contributed by atoms with Gasteiger partial charge in [0.1, 0.15) is 11.5 Å². The molecule has 2 unspecified atom stereocenters. The van der Waals surface area contributed by atoms with Crippen molar-refractivity contribution in [1.82, 2.24) is 4.98 Å². The normalized spacial score (nSPS) is 28.7. The van der Waals surface area contributed by atoms with Gasteiger partial charge >= 0.3 is 0 Å². The number of phenols is 1. The predicted octanol–water partition coefficient (Wildman–Crippen LogP) is 5.05. The lowest BCUT2D eigenvalue weighted by molar-refractivity contribution is 0.117. The maximum Gasteiger partial charge on any atom is 0.229 e. The highest BCUT2D eigenvalue weighted by molar-refractivity contribution is 5.61. The van der Waals surface area contributed by atoms with Crippen LogP contribution in [-0.4, -0.2) is 10.1 Å². The summed E-state index contributed by atoms with van der Waals surface area (Å²) in [5.41, 5.74) is 0.941. The van der Waals surface area contributed by atoms with E-state index in [0.29, 0.717) is 11.5 Å². The molecule has 3 nitrogen and oxygen atoms in total. The van der Waals surface area contributed by atoms with Gasteiger partial charge in [-0.25, -0.2) is 4.98 Å². The standard InChI is InChI=1S/C19H25NO2/c1-13-8-14(2)10-19(3,9-13)11-15-12-20-18(22-15)16-6-4-5-7-17(16)21/h4-7,12-14,21H,8-11H2,1-3H3.